The number of urea groups is 1. The summed E-state index contributed by atoms with van der Waals surface area (Å²) in [5.41, 5.74) is 2.38. The lowest BCUT2D eigenvalue weighted by molar-refractivity contribution is -0.115. The summed E-state index contributed by atoms with van der Waals surface area (Å²) in [6, 6.07) is 27.5. The highest BCUT2D eigenvalue weighted by molar-refractivity contribution is 6.02. The van der Waals surface area contributed by atoms with Gasteiger partial charge in [-0.15, -0.1) is 0 Å². The molecule has 4 amide bonds. The van der Waals surface area contributed by atoms with Gasteiger partial charge in [0.25, 0.3) is 5.91 Å². The molecule has 270 valence electrons. The maximum Gasteiger partial charge on any atom is 0.321 e. The van der Waals surface area contributed by atoms with Gasteiger partial charge < -0.3 is 35.0 Å². The Balaban J connectivity index is 1.37. The van der Waals surface area contributed by atoms with E-state index >= 15 is 0 Å². The maximum absolute atomic E-state index is 14.4. The molecule has 0 radical (unpaired) electrons. The number of aliphatic hydroxyl groups excluding tert-OH is 1. The lowest BCUT2D eigenvalue weighted by atomic mass is 10.0. The van der Waals surface area contributed by atoms with Gasteiger partial charge >= 0.3 is 6.03 Å². The zero-order valence-electron chi connectivity index (χ0n) is 30.0. The molecule has 51 heavy (non-hydrogen) atoms. The van der Waals surface area contributed by atoms with Crippen molar-refractivity contribution in [2.75, 3.05) is 44.0 Å². The predicted molar refractivity (Wildman–Crippen MR) is 201 cm³/mol. The lowest BCUT2D eigenvalue weighted by Gasteiger charge is -2.35. The summed E-state index contributed by atoms with van der Waals surface area (Å²) in [6.07, 6.45) is 2.02. The number of aliphatic hydroxyl groups is 1. The van der Waals surface area contributed by atoms with E-state index in [-0.39, 0.29) is 49.4 Å². The fraction of sp³-hybridized carbons (Fsp3) is 0.390. The number of carbonyl (C=O) groups is 3. The van der Waals surface area contributed by atoms with Gasteiger partial charge in [-0.1, -0.05) is 73.7 Å². The van der Waals surface area contributed by atoms with Crippen LogP contribution in [0.15, 0.2) is 91.0 Å². The normalized spacial score (nSPS) is 19.3. The zero-order valence-corrected chi connectivity index (χ0v) is 30.0. The van der Waals surface area contributed by atoms with Crippen molar-refractivity contribution in [2.24, 2.45) is 5.92 Å². The molecule has 4 aromatic rings. The lowest BCUT2D eigenvalue weighted by Crippen LogP contribution is -2.48. The third-order valence-corrected chi connectivity index (χ3v) is 9.37. The molecule has 10 heteroatoms. The minimum absolute atomic E-state index is 0.180. The molecular weight excluding hydrogens is 644 g/mol. The fourth-order valence-corrected chi connectivity index (χ4v) is 6.35. The summed E-state index contributed by atoms with van der Waals surface area (Å²) in [7, 11) is 1.74. The Kier molecular flexibility index (Phi) is 13.0. The molecule has 5 rings (SSSR count). The van der Waals surface area contributed by atoms with Gasteiger partial charge in [-0.3, -0.25) is 9.59 Å². The second kappa shape index (κ2) is 17.8. The molecule has 0 aliphatic carbocycles. The average Bonchev–Trinajstić information content (AvgIpc) is 3.13. The maximum atomic E-state index is 14.4. The van der Waals surface area contributed by atoms with Gasteiger partial charge in [0.15, 0.2) is 0 Å². The van der Waals surface area contributed by atoms with Crippen molar-refractivity contribution in [3.8, 4) is 5.75 Å². The Morgan fingerprint density at radius 1 is 0.961 bits per heavy atom. The SMILES string of the molecule is C[C@@H]1CN([C@H](C)CO)C(=O)c2cc(NC(=O)Cc3ccccc3)ccc2O[C@@H](C)CCCCO[C@H]1CN(C)C(=O)Nc1cccc2ccccc12. The molecule has 1 heterocycles. The van der Waals surface area contributed by atoms with E-state index in [1.165, 1.54) is 0 Å². The van der Waals surface area contributed by atoms with Gasteiger partial charge in [0, 0.05) is 43.7 Å². The molecule has 4 atom stereocenters. The largest absolute Gasteiger partial charge is 0.490 e. The quantitative estimate of drug-likeness (QED) is 0.183. The van der Waals surface area contributed by atoms with Crippen LogP contribution in [0, 0.1) is 5.92 Å². The predicted octanol–water partition coefficient (Wildman–Crippen LogP) is 6.98. The highest BCUT2D eigenvalue weighted by Crippen LogP contribution is 2.29. The van der Waals surface area contributed by atoms with E-state index in [4.69, 9.17) is 9.47 Å². The number of carbonyl (C=O) groups excluding carboxylic acids is 3. The minimum atomic E-state index is -0.525. The number of fused-ring (bicyclic) bond motifs is 2. The molecule has 0 bridgehead atoms. The topological polar surface area (TPSA) is 120 Å². The first-order valence-corrected chi connectivity index (χ1v) is 17.8. The molecule has 0 saturated carbocycles. The molecule has 4 aromatic carbocycles. The highest BCUT2D eigenvalue weighted by Gasteiger charge is 2.31. The van der Waals surface area contributed by atoms with Gasteiger partial charge in [-0.05, 0) is 68.3 Å². The van der Waals surface area contributed by atoms with E-state index in [0.29, 0.717) is 30.2 Å². The van der Waals surface area contributed by atoms with Crippen LogP contribution in [0.3, 0.4) is 0 Å². The van der Waals surface area contributed by atoms with E-state index in [1.54, 1.807) is 42.0 Å². The van der Waals surface area contributed by atoms with E-state index in [0.717, 1.165) is 41.3 Å². The Hall–Kier alpha value is -4.93. The minimum Gasteiger partial charge on any atom is -0.490 e. The number of rotatable bonds is 8. The van der Waals surface area contributed by atoms with Crippen LogP contribution in [0.4, 0.5) is 16.2 Å². The van der Waals surface area contributed by atoms with Gasteiger partial charge in [0.2, 0.25) is 5.91 Å². The summed E-state index contributed by atoms with van der Waals surface area (Å²) in [5, 5.41) is 18.3. The Morgan fingerprint density at radius 3 is 2.49 bits per heavy atom. The summed E-state index contributed by atoms with van der Waals surface area (Å²) in [5.74, 6) is -0.323. The van der Waals surface area contributed by atoms with Crippen LogP contribution >= 0.6 is 0 Å². The smallest absolute Gasteiger partial charge is 0.321 e. The van der Waals surface area contributed by atoms with Crippen molar-refractivity contribution in [3.05, 3.63) is 102 Å². The summed E-state index contributed by atoms with van der Waals surface area (Å²) in [6.45, 7) is 6.55. The van der Waals surface area contributed by atoms with E-state index < -0.39 is 12.1 Å². The number of hydrogen-bond acceptors (Lipinski definition) is 6. The summed E-state index contributed by atoms with van der Waals surface area (Å²) in [4.78, 5) is 44.1. The molecule has 0 spiro atoms. The second-order valence-electron chi connectivity index (χ2n) is 13.6. The van der Waals surface area contributed by atoms with Crippen LogP contribution in [0.25, 0.3) is 10.8 Å². The van der Waals surface area contributed by atoms with Gasteiger partial charge in [-0.25, -0.2) is 4.79 Å². The van der Waals surface area contributed by atoms with Crippen molar-refractivity contribution < 1.29 is 29.0 Å². The van der Waals surface area contributed by atoms with Crippen LogP contribution in [0.2, 0.25) is 0 Å². The third kappa shape index (κ3) is 10.1. The number of likely N-dealkylation sites (N-methyl/N-ethyl adjacent to an activating group) is 1. The number of nitrogens with zero attached hydrogens (tertiary/aromatic N) is 2. The monoisotopic (exact) mass is 694 g/mol. The highest BCUT2D eigenvalue weighted by atomic mass is 16.5. The number of benzene rings is 4. The average molecular weight is 695 g/mol. The molecule has 1 aliphatic rings. The first-order valence-electron chi connectivity index (χ1n) is 17.8. The van der Waals surface area contributed by atoms with Crippen molar-refractivity contribution in [2.45, 2.75) is 64.7 Å². The first kappa shape index (κ1) is 37.3. The Bertz CT molecular complexity index is 1780. The number of anilines is 2. The van der Waals surface area contributed by atoms with Crippen molar-refractivity contribution >= 4 is 40.0 Å². The molecule has 0 fully saturated rings. The van der Waals surface area contributed by atoms with Gasteiger partial charge in [0.1, 0.15) is 5.75 Å². The summed E-state index contributed by atoms with van der Waals surface area (Å²) >= 11 is 0. The first-order chi connectivity index (χ1) is 24.6. The summed E-state index contributed by atoms with van der Waals surface area (Å²) < 4.78 is 12.8. The molecule has 0 aromatic heterocycles. The van der Waals surface area contributed by atoms with Crippen LogP contribution in [0.1, 0.15) is 56.0 Å². The Morgan fingerprint density at radius 2 is 1.71 bits per heavy atom. The zero-order chi connectivity index (χ0) is 36.3. The van der Waals surface area contributed by atoms with Gasteiger partial charge in [-0.2, -0.15) is 0 Å². The van der Waals surface area contributed by atoms with Crippen LogP contribution < -0.4 is 15.4 Å². The fourth-order valence-electron chi connectivity index (χ4n) is 6.35. The Labute approximate surface area is 300 Å². The number of nitrogens with one attached hydrogen (secondary N) is 2. The van der Waals surface area contributed by atoms with Crippen LogP contribution in [-0.2, 0) is 16.0 Å². The standard InChI is InChI=1S/C41H50N4O6/c1-28-25-45(29(2)27-46)40(48)35-24-33(42-39(47)23-31-14-6-5-7-15-31)20-21-37(35)51-30(3)13-10-11-22-50-38(28)26-44(4)41(49)43-36-19-12-17-32-16-8-9-18-34(32)36/h5-9,12,14-21,24,28-30,38,46H,10-11,13,22-23,25-27H2,1-4H3,(H,42,47)(H,43,49)/t28-,29-,30+,38+/m1/s1. The van der Waals surface area contributed by atoms with Crippen LogP contribution in [-0.4, -0.2) is 84.4 Å². The number of hydrogen-bond donors (Lipinski definition) is 3. The van der Waals surface area contributed by atoms with Gasteiger partial charge in [0.05, 0.1) is 42.5 Å². The van der Waals surface area contributed by atoms with Crippen molar-refractivity contribution in [1.29, 1.82) is 0 Å². The molecule has 0 saturated heterocycles. The second-order valence-corrected chi connectivity index (χ2v) is 13.6. The van der Waals surface area contributed by atoms with Crippen molar-refractivity contribution in [3.63, 3.8) is 0 Å². The van der Waals surface area contributed by atoms with E-state index in [1.807, 2.05) is 86.6 Å². The third-order valence-electron chi connectivity index (χ3n) is 9.37. The molecule has 1 aliphatic heterocycles. The molecular formula is C41H50N4O6. The number of ether oxygens (including phenoxy) is 2. The van der Waals surface area contributed by atoms with Crippen molar-refractivity contribution in [1.82, 2.24) is 9.80 Å². The van der Waals surface area contributed by atoms with E-state index in [2.05, 4.69) is 10.6 Å². The molecule has 10 nitrogen and oxygen atoms in total. The number of amides is 4. The molecule has 3 N–H and O–H groups in total. The van der Waals surface area contributed by atoms with Crippen LogP contribution in [0.5, 0.6) is 5.75 Å². The van der Waals surface area contributed by atoms with E-state index in [9.17, 15) is 19.5 Å². The molecule has 0 unspecified atom stereocenters.